The number of halogens is 1. The first-order chi connectivity index (χ1) is 10.5. The van der Waals surface area contributed by atoms with Crippen LogP contribution in [0.15, 0.2) is 24.3 Å². The SMILES string of the molecule is CCC(CC)(NC(=O)C(C)OCC1CC1)c1ccc(Cl)cc1. The highest BCUT2D eigenvalue weighted by Crippen LogP contribution is 2.31. The van der Waals surface area contributed by atoms with Gasteiger partial charge in [-0.1, -0.05) is 37.6 Å². The van der Waals surface area contributed by atoms with Gasteiger partial charge in [-0.3, -0.25) is 4.79 Å². The fourth-order valence-corrected chi connectivity index (χ4v) is 2.78. The van der Waals surface area contributed by atoms with E-state index in [-0.39, 0.29) is 11.4 Å². The maximum Gasteiger partial charge on any atom is 0.249 e. The molecule has 1 N–H and O–H groups in total. The molecule has 1 unspecified atom stereocenters. The highest BCUT2D eigenvalue weighted by molar-refractivity contribution is 6.30. The standard InChI is InChI=1S/C18H26ClNO2/c1-4-18(5-2,15-8-10-16(19)11-9-15)20-17(21)13(3)22-12-14-6-7-14/h8-11,13-14H,4-7,12H2,1-3H3,(H,20,21). The summed E-state index contributed by atoms with van der Waals surface area (Å²) in [6.45, 7) is 6.71. The van der Waals surface area contributed by atoms with Gasteiger partial charge in [-0.2, -0.15) is 0 Å². The summed E-state index contributed by atoms with van der Waals surface area (Å²) < 4.78 is 5.68. The molecule has 4 heteroatoms. The van der Waals surface area contributed by atoms with Crippen LogP contribution in [0.3, 0.4) is 0 Å². The van der Waals surface area contributed by atoms with E-state index in [4.69, 9.17) is 16.3 Å². The van der Waals surface area contributed by atoms with Gasteiger partial charge in [0.1, 0.15) is 6.10 Å². The van der Waals surface area contributed by atoms with Gasteiger partial charge in [0.15, 0.2) is 0 Å². The van der Waals surface area contributed by atoms with E-state index in [1.54, 1.807) is 0 Å². The number of benzene rings is 1. The molecule has 1 saturated carbocycles. The molecule has 1 aromatic rings. The minimum Gasteiger partial charge on any atom is -0.368 e. The summed E-state index contributed by atoms with van der Waals surface area (Å²) in [7, 11) is 0. The maximum absolute atomic E-state index is 12.5. The molecule has 22 heavy (non-hydrogen) atoms. The van der Waals surface area contributed by atoms with Gasteiger partial charge in [0, 0.05) is 5.02 Å². The lowest BCUT2D eigenvalue weighted by Crippen LogP contribution is -2.49. The molecule has 1 aliphatic carbocycles. The molecule has 0 bridgehead atoms. The van der Waals surface area contributed by atoms with Crippen LogP contribution >= 0.6 is 11.6 Å². The number of carbonyl (C=O) groups excluding carboxylic acids is 1. The zero-order valence-corrected chi connectivity index (χ0v) is 14.5. The third-order valence-electron chi connectivity index (χ3n) is 4.61. The molecule has 1 amide bonds. The van der Waals surface area contributed by atoms with Crippen LogP contribution in [0, 0.1) is 5.92 Å². The highest BCUT2D eigenvalue weighted by Gasteiger charge is 2.32. The second-order valence-corrected chi connectivity index (χ2v) is 6.64. The third-order valence-corrected chi connectivity index (χ3v) is 4.87. The summed E-state index contributed by atoms with van der Waals surface area (Å²) in [6.07, 6.45) is 3.70. The summed E-state index contributed by atoms with van der Waals surface area (Å²) in [5.74, 6) is 0.618. The fraction of sp³-hybridized carbons (Fsp3) is 0.611. The highest BCUT2D eigenvalue weighted by atomic mass is 35.5. The van der Waals surface area contributed by atoms with Crippen LogP contribution in [-0.4, -0.2) is 18.6 Å². The Kier molecular flexibility index (Phi) is 5.87. The Morgan fingerprint density at radius 1 is 1.32 bits per heavy atom. The Hall–Kier alpha value is -1.06. The molecule has 1 atom stereocenters. The van der Waals surface area contributed by atoms with E-state index in [0.717, 1.165) is 18.4 Å². The van der Waals surface area contributed by atoms with Crippen molar-refractivity contribution >= 4 is 17.5 Å². The molecule has 1 aromatic carbocycles. The fourth-order valence-electron chi connectivity index (χ4n) is 2.65. The van der Waals surface area contributed by atoms with E-state index in [1.165, 1.54) is 12.8 Å². The van der Waals surface area contributed by atoms with E-state index in [1.807, 2.05) is 31.2 Å². The van der Waals surface area contributed by atoms with E-state index in [2.05, 4.69) is 19.2 Å². The predicted octanol–water partition coefficient (Wildman–Crippen LogP) is 4.29. The van der Waals surface area contributed by atoms with E-state index >= 15 is 0 Å². The molecule has 0 heterocycles. The van der Waals surface area contributed by atoms with Gasteiger partial charge in [-0.05, 0) is 56.2 Å². The molecular formula is C18H26ClNO2. The molecule has 0 saturated heterocycles. The topological polar surface area (TPSA) is 38.3 Å². The van der Waals surface area contributed by atoms with Crippen molar-refractivity contribution in [3.63, 3.8) is 0 Å². The third kappa shape index (κ3) is 4.23. The van der Waals surface area contributed by atoms with Crippen LogP contribution in [-0.2, 0) is 15.1 Å². The zero-order valence-electron chi connectivity index (χ0n) is 13.7. The van der Waals surface area contributed by atoms with Crippen molar-refractivity contribution in [2.24, 2.45) is 5.92 Å². The predicted molar refractivity (Wildman–Crippen MR) is 90.0 cm³/mol. The summed E-state index contributed by atoms with van der Waals surface area (Å²) >= 11 is 5.97. The number of ether oxygens (including phenoxy) is 1. The van der Waals surface area contributed by atoms with Crippen molar-refractivity contribution in [3.8, 4) is 0 Å². The summed E-state index contributed by atoms with van der Waals surface area (Å²) in [6, 6.07) is 7.73. The molecule has 3 nitrogen and oxygen atoms in total. The Balaban J connectivity index is 2.05. The number of hydrogen-bond acceptors (Lipinski definition) is 2. The average molecular weight is 324 g/mol. The number of carbonyl (C=O) groups is 1. The maximum atomic E-state index is 12.5. The van der Waals surface area contributed by atoms with Crippen LogP contribution in [0.4, 0.5) is 0 Å². The average Bonchev–Trinajstić information content (AvgIpc) is 3.35. The van der Waals surface area contributed by atoms with Gasteiger partial charge >= 0.3 is 0 Å². The molecule has 1 fully saturated rings. The summed E-state index contributed by atoms with van der Waals surface area (Å²) in [5.41, 5.74) is 0.725. The van der Waals surface area contributed by atoms with Gasteiger partial charge in [0.25, 0.3) is 0 Å². The van der Waals surface area contributed by atoms with Crippen molar-refractivity contribution in [2.45, 2.75) is 58.1 Å². The summed E-state index contributed by atoms with van der Waals surface area (Å²) in [5, 5.41) is 3.91. The second kappa shape index (κ2) is 7.47. The van der Waals surface area contributed by atoms with Gasteiger partial charge in [-0.15, -0.1) is 0 Å². The lowest BCUT2D eigenvalue weighted by Gasteiger charge is -2.34. The first kappa shape index (κ1) is 17.3. The van der Waals surface area contributed by atoms with Crippen LogP contribution in [0.5, 0.6) is 0 Å². The minimum atomic E-state index is -0.412. The largest absolute Gasteiger partial charge is 0.368 e. The van der Waals surface area contributed by atoms with Crippen molar-refractivity contribution in [2.75, 3.05) is 6.61 Å². The Morgan fingerprint density at radius 2 is 1.91 bits per heavy atom. The molecule has 0 spiro atoms. The van der Waals surface area contributed by atoms with E-state index in [9.17, 15) is 4.79 Å². The van der Waals surface area contributed by atoms with Crippen LogP contribution in [0.25, 0.3) is 0 Å². The lowest BCUT2D eigenvalue weighted by molar-refractivity contribution is -0.134. The number of rotatable bonds is 8. The van der Waals surface area contributed by atoms with Crippen molar-refractivity contribution in [3.05, 3.63) is 34.9 Å². The molecule has 0 radical (unpaired) electrons. The molecule has 2 rings (SSSR count). The molecular weight excluding hydrogens is 298 g/mol. The number of amides is 1. The molecule has 1 aliphatic rings. The Bertz CT molecular complexity index is 492. The van der Waals surface area contributed by atoms with Crippen molar-refractivity contribution in [1.29, 1.82) is 0 Å². The Morgan fingerprint density at radius 3 is 2.41 bits per heavy atom. The minimum absolute atomic E-state index is 0.0423. The van der Waals surface area contributed by atoms with E-state index < -0.39 is 6.10 Å². The molecule has 122 valence electrons. The smallest absolute Gasteiger partial charge is 0.249 e. The van der Waals surface area contributed by atoms with Crippen molar-refractivity contribution in [1.82, 2.24) is 5.32 Å². The first-order valence-corrected chi connectivity index (χ1v) is 8.58. The van der Waals surface area contributed by atoms with Gasteiger partial charge in [0.2, 0.25) is 5.91 Å². The lowest BCUT2D eigenvalue weighted by atomic mass is 9.84. The van der Waals surface area contributed by atoms with Gasteiger partial charge < -0.3 is 10.1 Å². The van der Waals surface area contributed by atoms with Gasteiger partial charge in [-0.25, -0.2) is 0 Å². The number of nitrogens with one attached hydrogen (secondary N) is 1. The second-order valence-electron chi connectivity index (χ2n) is 6.20. The molecule has 0 aliphatic heterocycles. The summed E-state index contributed by atoms with van der Waals surface area (Å²) in [4.78, 5) is 12.5. The van der Waals surface area contributed by atoms with Gasteiger partial charge in [0.05, 0.1) is 12.1 Å². The van der Waals surface area contributed by atoms with Crippen LogP contribution < -0.4 is 5.32 Å². The monoisotopic (exact) mass is 323 g/mol. The normalized spacial score (nSPS) is 16.4. The quantitative estimate of drug-likeness (QED) is 0.775. The van der Waals surface area contributed by atoms with E-state index in [0.29, 0.717) is 17.5 Å². The van der Waals surface area contributed by atoms with Crippen molar-refractivity contribution < 1.29 is 9.53 Å². The number of hydrogen-bond donors (Lipinski definition) is 1. The molecule has 0 aromatic heterocycles. The zero-order chi connectivity index (χ0) is 16.2. The Labute approximate surface area is 138 Å². The van der Waals surface area contributed by atoms with Crippen LogP contribution in [0.1, 0.15) is 52.0 Å². The van der Waals surface area contributed by atoms with Crippen LogP contribution in [0.2, 0.25) is 5.02 Å². The first-order valence-electron chi connectivity index (χ1n) is 8.20.